The Labute approximate surface area is 121 Å². The van der Waals surface area contributed by atoms with Crippen LogP contribution in [0.25, 0.3) is 0 Å². The number of nitrogens with one attached hydrogen (secondary N) is 2. The lowest BCUT2D eigenvalue weighted by atomic mass is 10.4. The molecule has 20 heavy (non-hydrogen) atoms. The molecule has 0 aromatic carbocycles. The van der Waals surface area contributed by atoms with E-state index in [0.717, 1.165) is 25.9 Å². The molecule has 116 valence electrons. The van der Waals surface area contributed by atoms with Crippen LogP contribution in [0, 0.1) is 0 Å². The van der Waals surface area contributed by atoms with E-state index in [9.17, 15) is 8.42 Å². The van der Waals surface area contributed by atoms with Gasteiger partial charge in [-0.25, -0.2) is 13.1 Å². The minimum atomic E-state index is -3.53. The van der Waals surface area contributed by atoms with E-state index in [1.807, 2.05) is 19.0 Å². The average Bonchev–Trinajstić information content (AvgIpc) is 2.84. The molecule has 7 heteroatoms. The smallest absolute Gasteiger partial charge is 0.273 e. The molecule has 1 rings (SSSR count). The summed E-state index contributed by atoms with van der Waals surface area (Å²) in [6.07, 6.45) is 1.79. The summed E-state index contributed by atoms with van der Waals surface area (Å²) in [5, 5.41) is 3.15. The van der Waals surface area contributed by atoms with Gasteiger partial charge in [0.25, 0.3) is 10.0 Å². The number of hydrogen-bond donors (Lipinski definition) is 2. The maximum atomic E-state index is 12.0. The first-order valence-corrected chi connectivity index (χ1v) is 8.38. The van der Waals surface area contributed by atoms with Crippen LogP contribution >= 0.6 is 0 Å². The summed E-state index contributed by atoms with van der Waals surface area (Å²) < 4.78 is 31.9. The standard InChI is InChI=1S/C13H25N3O3S/c1-4-8-14-11-12-6-7-13(19-12)20(17,18)15-9-5-10-16(2)3/h6-7,14-15H,4-5,8-11H2,1-3H3. The topological polar surface area (TPSA) is 74.6 Å². The second kappa shape index (κ2) is 8.41. The Balaban J connectivity index is 2.46. The zero-order chi connectivity index (χ0) is 15.0. The normalized spacial score (nSPS) is 12.2. The maximum Gasteiger partial charge on any atom is 0.273 e. The van der Waals surface area contributed by atoms with Crippen LogP contribution < -0.4 is 10.0 Å². The largest absolute Gasteiger partial charge is 0.447 e. The summed E-state index contributed by atoms with van der Waals surface area (Å²) in [5.41, 5.74) is 0. The Morgan fingerprint density at radius 3 is 2.65 bits per heavy atom. The first kappa shape index (κ1) is 17.2. The van der Waals surface area contributed by atoms with E-state index >= 15 is 0 Å². The second-order valence-corrected chi connectivity index (χ2v) is 6.65. The Hall–Kier alpha value is -0.890. The van der Waals surface area contributed by atoms with E-state index in [1.165, 1.54) is 6.07 Å². The molecule has 2 N–H and O–H groups in total. The third-order valence-corrected chi connectivity index (χ3v) is 4.04. The third kappa shape index (κ3) is 6.04. The summed E-state index contributed by atoms with van der Waals surface area (Å²) in [6, 6.07) is 3.19. The van der Waals surface area contributed by atoms with Crippen LogP contribution in [0.1, 0.15) is 25.5 Å². The maximum absolute atomic E-state index is 12.0. The van der Waals surface area contributed by atoms with Gasteiger partial charge in [-0.1, -0.05) is 6.92 Å². The van der Waals surface area contributed by atoms with Crippen molar-refractivity contribution in [2.75, 3.05) is 33.7 Å². The van der Waals surface area contributed by atoms with Crippen molar-refractivity contribution in [3.05, 3.63) is 17.9 Å². The molecule has 0 aliphatic heterocycles. The van der Waals surface area contributed by atoms with E-state index in [4.69, 9.17) is 4.42 Å². The summed E-state index contributed by atoms with van der Waals surface area (Å²) in [6.45, 7) is 4.75. The number of sulfonamides is 1. The van der Waals surface area contributed by atoms with Gasteiger partial charge in [-0.2, -0.15) is 0 Å². The fraction of sp³-hybridized carbons (Fsp3) is 0.692. The molecule has 0 saturated carbocycles. The lowest BCUT2D eigenvalue weighted by Crippen LogP contribution is -2.27. The highest BCUT2D eigenvalue weighted by atomic mass is 32.2. The van der Waals surface area contributed by atoms with E-state index in [0.29, 0.717) is 18.8 Å². The Morgan fingerprint density at radius 2 is 2.00 bits per heavy atom. The minimum Gasteiger partial charge on any atom is -0.447 e. The van der Waals surface area contributed by atoms with Gasteiger partial charge in [-0.3, -0.25) is 0 Å². The summed E-state index contributed by atoms with van der Waals surface area (Å²) >= 11 is 0. The minimum absolute atomic E-state index is 0.0179. The van der Waals surface area contributed by atoms with Gasteiger partial charge in [0.1, 0.15) is 5.76 Å². The van der Waals surface area contributed by atoms with Gasteiger partial charge in [0.05, 0.1) is 6.54 Å². The van der Waals surface area contributed by atoms with Crippen LogP contribution in [0.2, 0.25) is 0 Å². The van der Waals surface area contributed by atoms with Gasteiger partial charge in [-0.15, -0.1) is 0 Å². The summed E-state index contributed by atoms with van der Waals surface area (Å²) in [5.74, 6) is 0.632. The predicted molar refractivity (Wildman–Crippen MR) is 79.1 cm³/mol. The van der Waals surface area contributed by atoms with Crippen molar-refractivity contribution in [2.24, 2.45) is 0 Å². The highest BCUT2D eigenvalue weighted by Crippen LogP contribution is 2.13. The van der Waals surface area contributed by atoms with Crippen LogP contribution in [0.3, 0.4) is 0 Å². The Kier molecular flexibility index (Phi) is 7.22. The predicted octanol–water partition coefficient (Wildman–Crippen LogP) is 1.01. The van der Waals surface area contributed by atoms with Gasteiger partial charge >= 0.3 is 0 Å². The van der Waals surface area contributed by atoms with Crippen molar-refractivity contribution < 1.29 is 12.8 Å². The third-order valence-electron chi connectivity index (χ3n) is 2.70. The molecule has 0 bridgehead atoms. The molecule has 1 aromatic heterocycles. The van der Waals surface area contributed by atoms with Gasteiger partial charge < -0.3 is 14.6 Å². The van der Waals surface area contributed by atoms with Gasteiger partial charge in [0.15, 0.2) is 0 Å². The van der Waals surface area contributed by atoms with E-state index in [-0.39, 0.29) is 5.09 Å². The molecule has 0 aliphatic carbocycles. The molecule has 0 radical (unpaired) electrons. The van der Waals surface area contributed by atoms with E-state index in [1.54, 1.807) is 6.07 Å². The molecule has 0 amide bonds. The SMILES string of the molecule is CCCNCc1ccc(S(=O)(=O)NCCCN(C)C)o1. The zero-order valence-electron chi connectivity index (χ0n) is 12.5. The van der Waals surface area contributed by atoms with Crippen molar-refractivity contribution in [3.8, 4) is 0 Å². The highest BCUT2D eigenvalue weighted by molar-refractivity contribution is 7.89. The molecule has 0 unspecified atom stereocenters. The molecule has 6 nitrogen and oxygen atoms in total. The summed E-state index contributed by atoms with van der Waals surface area (Å²) in [7, 11) is 0.379. The van der Waals surface area contributed by atoms with Crippen molar-refractivity contribution in [3.63, 3.8) is 0 Å². The first-order chi connectivity index (χ1) is 9.45. The van der Waals surface area contributed by atoms with Crippen LogP contribution in [0.15, 0.2) is 21.6 Å². The number of hydrogen-bond acceptors (Lipinski definition) is 5. The zero-order valence-corrected chi connectivity index (χ0v) is 13.3. The van der Waals surface area contributed by atoms with Crippen LogP contribution in [-0.2, 0) is 16.6 Å². The summed E-state index contributed by atoms with van der Waals surface area (Å²) in [4.78, 5) is 2.01. The molecule has 0 aliphatic rings. The lowest BCUT2D eigenvalue weighted by molar-refractivity contribution is 0.392. The number of nitrogens with zero attached hydrogens (tertiary/aromatic N) is 1. The second-order valence-electron chi connectivity index (χ2n) is 4.95. The van der Waals surface area contributed by atoms with Gasteiger partial charge in [0.2, 0.25) is 5.09 Å². The highest BCUT2D eigenvalue weighted by Gasteiger charge is 2.17. The van der Waals surface area contributed by atoms with Crippen LogP contribution in [0.4, 0.5) is 0 Å². The molecule has 1 heterocycles. The molecule has 0 saturated heterocycles. The Morgan fingerprint density at radius 1 is 1.25 bits per heavy atom. The monoisotopic (exact) mass is 303 g/mol. The van der Waals surface area contributed by atoms with Crippen LogP contribution in [0.5, 0.6) is 0 Å². The fourth-order valence-corrected chi connectivity index (χ4v) is 2.68. The number of rotatable bonds is 10. The Bertz CT molecular complexity index is 483. The molecular weight excluding hydrogens is 278 g/mol. The quantitative estimate of drug-likeness (QED) is 0.631. The van der Waals surface area contributed by atoms with Crippen molar-refractivity contribution in [1.29, 1.82) is 0 Å². The molecule has 0 atom stereocenters. The van der Waals surface area contributed by atoms with Crippen molar-refractivity contribution in [1.82, 2.24) is 14.9 Å². The van der Waals surface area contributed by atoms with Gasteiger partial charge in [-0.05, 0) is 52.2 Å². The van der Waals surface area contributed by atoms with E-state index < -0.39 is 10.0 Å². The van der Waals surface area contributed by atoms with Crippen molar-refractivity contribution in [2.45, 2.75) is 31.4 Å². The van der Waals surface area contributed by atoms with Crippen molar-refractivity contribution >= 4 is 10.0 Å². The van der Waals surface area contributed by atoms with E-state index in [2.05, 4.69) is 17.0 Å². The molecule has 1 aromatic rings. The molecular formula is C13H25N3O3S. The molecule has 0 fully saturated rings. The first-order valence-electron chi connectivity index (χ1n) is 6.89. The molecule has 0 spiro atoms. The van der Waals surface area contributed by atoms with Gasteiger partial charge in [0, 0.05) is 6.54 Å². The lowest BCUT2D eigenvalue weighted by Gasteiger charge is -2.09. The fourth-order valence-electron chi connectivity index (χ4n) is 1.66. The average molecular weight is 303 g/mol. The number of furan rings is 1. The van der Waals surface area contributed by atoms with Crippen LogP contribution in [-0.4, -0.2) is 47.0 Å².